The Morgan fingerprint density at radius 1 is 1.21 bits per heavy atom. The van der Waals surface area contributed by atoms with Gasteiger partial charge in [0, 0.05) is 11.8 Å². The molecule has 1 N–H and O–H groups in total. The topological polar surface area (TPSA) is 29.1 Å². The van der Waals surface area contributed by atoms with Gasteiger partial charge < -0.3 is 5.32 Å². The minimum absolute atomic E-state index is 0.00843. The smallest absolute Gasteiger partial charge is 0.248 e. The van der Waals surface area contributed by atoms with Crippen molar-refractivity contribution in [3.8, 4) is 0 Å². The third-order valence-corrected chi connectivity index (χ3v) is 2.37. The molecule has 1 amide bonds. The van der Waals surface area contributed by atoms with E-state index in [4.69, 9.17) is 0 Å². The molecule has 1 fully saturated rings. The molecule has 1 aliphatic rings. The molecule has 0 aromatic heterocycles. The molecule has 0 atom stereocenters. The number of para-hydroxylation sites is 1. The summed E-state index contributed by atoms with van der Waals surface area (Å²) < 4.78 is 0. The fourth-order valence-corrected chi connectivity index (χ4v) is 1.41. The highest BCUT2D eigenvalue weighted by molar-refractivity contribution is 5.99. The van der Waals surface area contributed by atoms with Crippen LogP contribution in [0.1, 0.15) is 19.3 Å². The first-order valence-corrected chi connectivity index (χ1v) is 4.90. The lowest BCUT2D eigenvalue weighted by Crippen LogP contribution is -2.10. The second-order valence-corrected chi connectivity index (χ2v) is 3.51. The minimum atomic E-state index is -0.00843. The molecule has 0 heterocycles. The van der Waals surface area contributed by atoms with Crippen LogP contribution >= 0.6 is 0 Å². The zero-order valence-electron chi connectivity index (χ0n) is 7.99. The molecular formula is C12H13NO. The number of hydrogen-bond donors (Lipinski definition) is 1. The lowest BCUT2D eigenvalue weighted by atomic mass is 9.92. The fraction of sp³-hybridized carbons (Fsp3) is 0.250. The monoisotopic (exact) mass is 187 g/mol. The van der Waals surface area contributed by atoms with Crippen LogP contribution in [-0.4, -0.2) is 5.91 Å². The van der Waals surface area contributed by atoms with Gasteiger partial charge in [0.1, 0.15) is 0 Å². The molecule has 1 saturated carbocycles. The van der Waals surface area contributed by atoms with E-state index in [1.807, 2.05) is 30.3 Å². The Hall–Kier alpha value is -1.57. The number of hydrogen-bond acceptors (Lipinski definition) is 1. The predicted octanol–water partition coefficient (Wildman–Crippen LogP) is 2.74. The molecule has 0 saturated heterocycles. The van der Waals surface area contributed by atoms with Crippen molar-refractivity contribution in [1.82, 2.24) is 0 Å². The molecule has 14 heavy (non-hydrogen) atoms. The van der Waals surface area contributed by atoms with Crippen molar-refractivity contribution in [3.05, 3.63) is 42.0 Å². The molecular weight excluding hydrogens is 174 g/mol. The van der Waals surface area contributed by atoms with Gasteiger partial charge in [-0.05, 0) is 31.4 Å². The molecule has 0 spiro atoms. The zero-order valence-corrected chi connectivity index (χ0v) is 7.99. The number of carbonyl (C=O) groups is 1. The van der Waals surface area contributed by atoms with E-state index >= 15 is 0 Å². The highest BCUT2D eigenvalue weighted by Gasteiger charge is 2.09. The standard InChI is InChI=1S/C12H13NO/c14-12(9-10-5-4-6-10)13-11-7-2-1-3-8-11/h1-3,7-9H,4-6H2,(H,13,14). The third-order valence-electron chi connectivity index (χ3n) is 2.37. The first-order valence-electron chi connectivity index (χ1n) is 4.90. The molecule has 2 rings (SSSR count). The summed E-state index contributed by atoms with van der Waals surface area (Å²) >= 11 is 0. The van der Waals surface area contributed by atoms with E-state index in [2.05, 4.69) is 5.32 Å². The zero-order chi connectivity index (χ0) is 9.80. The average Bonchev–Trinajstić information content (AvgIpc) is 2.13. The maximum absolute atomic E-state index is 11.4. The van der Waals surface area contributed by atoms with E-state index in [1.165, 1.54) is 12.0 Å². The van der Waals surface area contributed by atoms with Gasteiger partial charge in [-0.1, -0.05) is 23.8 Å². The molecule has 2 nitrogen and oxygen atoms in total. The SMILES string of the molecule is O=C(C=C1CCC1)Nc1ccccc1. The van der Waals surface area contributed by atoms with Gasteiger partial charge in [-0.3, -0.25) is 4.79 Å². The number of anilines is 1. The molecule has 0 radical (unpaired) electrons. The Labute approximate surface area is 83.6 Å². The molecule has 1 aromatic carbocycles. The van der Waals surface area contributed by atoms with Gasteiger partial charge in [-0.15, -0.1) is 0 Å². The summed E-state index contributed by atoms with van der Waals surface area (Å²) in [6.45, 7) is 0. The number of rotatable bonds is 2. The second-order valence-electron chi connectivity index (χ2n) is 3.51. The molecule has 1 aromatic rings. The molecule has 2 heteroatoms. The first-order chi connectivity index (χ1) is 6.84. The number of nitrogens with one attached hydrogen (secondary N) is 1. The van der Waals surface area contributed by atoms with Crippen LogP contribution in [-0.2, 0) is 4.79 Å². The Morgan fingerprint density at radius 2 is 1.93 bits per heavy atom. The van der Waals surface area contributed by atoms with Crippen LogP contribution in [0.25, 0.3) is 0 Å². The van der Waals surface area contributed by atoms with Gasteiger partial charge in [-0.25, -0.2) is 0 Å². The normalized spacial score (nSPS) is 14.4. The van der Waals surface area contributed by atoms with Crippen molar-refractivity contribution in [2.75, 3.05) is 5.32 Å². The van der Waals surface area contributed by atoms with E-state index < -0.39 is 0 Å². The molecule has 0 aliphatic heterocycles. The van der Waals surface area contributed by atoms with Crippen LogP contribution in [0.5, 0.6) is 0 Å². The summed E-state index contributed by atoms with van der Waals surface area (Å²) in [5.41, 5.74) is 2.12. The third kappa shape index (κ3) is 2.22. The van der Waals surface area contributed by atoms with Gasteiger partial charge >= 0.3 is 0 Å². The summed E-state index contributed by atoms with van der Waals surface area (Å²) in [6.07, 6.45) is 5.12. The Morgan fingerprint density at radius 3 is 2.50 bits per heavy atom. The lowest BCUT2D eigenvalue weighted by molar-refractivity contribution is -0.112. The first kappa shape index (κ1) is 9.00. The highest BCUT2D eigenvalue weighted by Crippen LogP contribution is 2.24. The highest BCUT2D eigenvalue weighted by atomic mass is 16.1. The van der Waals surface area contributed by atoms with Crippen molar-refractivity contribution in [3.63, 3.8) is 0 Å². The fourth-order valence-electron chi connectivity index (χ4n) is 1.41. The summed E-state index contributed by atoms with van der Waals surface area (Å²) in [7, 11) is 0. The molecule has 72 valence electrons. The van der Waals surface area contributed by atoms with Crippen molar-refractivity contribution in [2.24, 2.45) is 0 Å². The Balaban J connectivity index is 1.95. The van der Waals surface area contributed by atoms with Crippen molar-refractivity contribution in [1.29, 1.82) is 0 Å². The van der Waals surface area contributed by atoms with Gasteiger partial charge in [0.2, 0.25) is 5.91 Å². The van der Waals surface area contributed by atoms with E-state index in [0.717, 1.165) is 18.5 Å². The maximum Gasteiger partial charge on any atom is 0.248 e. The Kier molecular flexibility index (Phi) is 2.63. The lowest BCUT2D eigenvalue weighted by Gasteiger charge is -2.15. The number of amides is 1. The van der Waals surface area contributed by atoms with Crippen LogP contribution in [0.2, 0.25) is 0 Å². The number of benzene rings is 1. The van der Waals surface area contributed by atoms with Crippen LogP contribution in [0.4, 0.5) is 5.69 Å². The van der Waals surface area contributed by atoms with E-state index in [-0.39, 0.29) is 5.91 Å². The predicted molar refractivity (Wildman–Crippen MR) is 57.0 cm³/mol. The quantitative estimate of drug-likeness (QED) is 0.709. The molecule has 0 unspecified atom stereocenters. The van der Waals surface area contributed by atoms with Crippen LogP contribution in [0.3, 0.4) is 0 Å². The largest absolute Gasteiger partial charge is 0.323 e. The van der Waals surface area contributed by atoms with Crippen LogP contribution < -0.4 is 5.32 Å². The number of carbonyl (C=O) groups excluding carboxylic acids is 1. The maximum atomic E-state index is 11.4. The number of allylic oxidation sites excluding steroid dienone is 1. The van der Waals surface area contributed by atoms with Crippen LogP contribution in [0.15, 0.2) is 42.0 Å². The van der Waals surface area contributed by atoms with E-state index in [9.17, 15) is 4.79 Å². The Bertz CT molecular complexity index is 348. The van der Waals surface area contributed by atoms with Gasteiger partial charge in [0.05, 0.1) is 0 Å². The minimum Gasteiger partial charge on any atom is -0.323 e. The summed E-state index contributed by atoms with van der Waals surface area (Å²) in [6, 6.07) is 9.52. The van der Waals surface area contributed by atoms with Gasteiger partial charge in [0.25, 0.3) is 0 Å². The van der Waals surface area contributed by atoms with Gasteiger partial charge in [-0.2, -0.15) is 0 Å². The van der Waals surface area contributed by atoms with Crippen LogP contribution in [0, 0.1) is 0 Å². The van der Waals surface area contributed by atoms with Crippen molar-refractivity contribution < 1.29 is 4.79 Å². The van der Waals surface area contributed by atoms with Crippen molar-refractivity contribution >= 4 is 11.6 Å². The summed E-state index contributed by atoms with van der Waals surface area (Å²) in [4.78, 5) is 11.4. The van der Waals surface area contributed by atoms with Crippen molar-refractivity contribution in [2.45, 2.75) is 19.3 Å². The average molecular weight is 187 g/mol. The van der Waals surface area contributed by atoms with E-state index in [1.54, 1.807) is 6.08 Å². The second kappa shape index (κ2) is 4.09. The molecule has 0 bridgehead atoms. The summed E-state index contributed by atoms with van der Waals surface area (Å²) in [5.74, 6) is -0.00843. The molecule has 1 aliphatic carbocycles. The van der Waals surface area contributed by atoms with Gasteiger partial charge in [0.15, 0.2) is 0 Å². The summed E-state index contributed by atoms with van der Waals surface area (Å²) in [5, 5.41) is 2.83. The van der Waals surface area contributed by atoms with E-state index in [0.29, 0.717) is 0 Å².